The molecule has 0 radical (unpaired) electrons. The van der Waals surface area contributed by atoms with Crippen LogP contribution in [-0.2, 0) is 4.74 Å². The molecular weight excluding hydrogens is 370 g/mol. The van der Waals surface area contributed by atoms with Crippen LogP contribution in [0.15, 0.2) is 12.1 Å². The number of nitro groups is 1. The fourth-order valence-corrected chi connectivity index (χ4v) is 2.14. The number of halogens is 2. The van der Waals surface area contributed by atoms with Gasteiger partial charge in [-0.1, -0.05) is 0 Å². The van der Waals surface area contributed by atoms with Crippen LogP contribution in [0.5, 0.6) is 5.75 Å². The van der Waals surface area contributed by atoms with Crippen molar-refractivity contribution in [3.05, 3.63) is 31.6 Å². The monoisotopic (exact) mass is 382 g/mol. The van der Waals surface area contributed by atoms with Gasteiger partial charge in [0.15, 0.2) is 5.75 Å². The molecule has 0 amide bonds. The normalized spacial score (nSPS) is 19.2. The number of hydrogen-bond donors (Lipinski definition) is 1. The Morgan fingerprint density at radius 3 is 3.05 bits per heavy atom. The van der Waals surface area contributed by atoms with E-state index in [1.165, 1.54) is 0 Å². The number of morpholine rings is 1. The smallest absolute Gasteiger partial charge is 0.312 e. The molecule has 0 saturated carbocycles. The average Bonchev–Trinajstić information content (AvgIpc) is 2.40. The summed E-state index contributed by atoms with van der Waals surface area (Å²) < 4.78 is 24.3. The van der Waals surface area contributed by atoms with Gasteiger partial charge in [0.05, 0.1) is 15.1 Å². The highest BCUT2D eigenvalue weighted by atomic mass is 127. The van der Waals surface area contributed by atoms with E-state index >= 15 is 0 Å². The third-order valence-corrected chi connectivity index (χ3v) is 3.45. The van der Waals surface area contributed by atoms with Gasteiger partial charge in [-0.25, -0.2) is 4.39 Å². The minimum absolute atomic E-state index is 0.0721. The Balaban J connectivity index is 2.09. The van der Waals surface area contributed by atoms with E-state index in [0.29, 0.717) is 13.2 Å². The van der Waals surface area contributed by atoms with Crippen LogP contribution >= 0.6 is 22.6 Å². The first-order valence-electron chi connectivity index (χ1n) is 5.66. The minimum Gasteiger partial charge on any atom is -0.484 e. The SMILES string of the molecule is O=[N+]([O-])c1cc(I)c(F)cc1OCC1CNCCO1. The van der Waals surface area contributed by atoms with Gasteiger partial charge in [0, 0.05) is 25.2 Å². The van der Waals surface area contributed by atoms with Crippen LogP contribution in [0.3, 0.4) is 0 Å². The van der Waals surface area contributed by atoms with Crippen LogP contribution in [0.4, 0.5) is 10.1 Å². The summed E-state index contributed by atoms with van der Waals surface area (Å²) >= 11 is 1.70. The molecule has 1 saturated heterocycles. The second-order valence-electron chi connectivity index (χ2n) is 4.00. The number of rotatable bonds is 4. The third-order valence-electron chi connectivity index (χ3n) is 2.63. The minimum atomic E-state index is -0.586. The van der Waals surface area contributed by atoms with E-state index in [9.17, 15) is 14.5 Å². The van der Waals surface area contributed by atoms with Crippen LogP contribution in [0.25, 0.3) is 0 Å². The third kappa shape index (κ3) is 3.74. The lowest BCUT2D eigenvalue weighted by atomic mass is 10.3. The van der Waals surface area contributed by atoms with Crippen molar-refractivity contribution in [3.63, 3.8) is 0 Å². The van der Waals surface area contributed by atoms with Gasteiger partial charge in [-0.05, 0) is 22.6 Å². The van der Waals surface area contributed by atoms with Gasteiger partial charge in [-0.15, -0.1) is 0 Å². The molecule has 1 heterocycles. The number of nitrogens with zero attached hydrogens (tertiary/aromatic N) is 1. The summed E-state index contributed by atoms with van der Waals surface area (Å²) in [5.41, 5.74) is -0.241. The molecular formula is C11H12FIN2O4. The lowest BCUT2D eigenvalue weighted by molar-refractivity contribution is -0.386. The highest BCUT2D eigenvalue weighted by Crippen LogP contribution is 2.30. The zero-order chi connectivity index (χ0) is 13.8. The maximum atomic E-state index is 13.4. The van der Waals surface area contributed by atoms with E-state index in [1.54, 1.807) is 22.6 Å². The van der Waals surface area contributed by atoms with E-state index in [4.69, 9.17) is 9.47 Å². The van der Waals surface area contributed by atoms with Crippen molar-refractivity contribution in [2.45, 2.75) is 6.10 Å². The summed E-state index contributed by atoms with van der Waals surface area (Å²) in [6.07, 6.45) is -0.185. The topological polar surface area (TPSA) is 73.6 Å². The predicted molar refractivity (Wildman–Crippen MR) is 73.9 cm³/mol. The fourth-order valence-electron chi connectivity index (χ4n) is 1.69. The van der Waals surface area contributed by atoms with Crippen LogP contribution in [-0.4, -0.2) is 37.3 Å². The maximum absolute atomic E-state index is 13.4. The largest absolute Gasteiger partial charge is 0.484 e. The molecule has 6 nitrogen and oxygen atoms in total. The van der Waals surface area contributed by atoms with E-state index in [2.05, 4.69) is 5.32 Å². The van der Waals surface area contributed by atoms with Crippen molar-refractivity contribution in [3.8, 4) is 5.75 Å². The molecule has 1 N–H and O–H groups in total. The Morgan fingerprint density at radius 1 is 1.63 bits per heavy atom. The zero-order valence-corrected chi connectivity index (χ0v) is 12.1. The Hall–Kier alpha value is -1.00. The second kappa shape index (κ2) is 6.44. The summed E-state index contributed by atoms with van der Waals surface area (Å²) in [7, 11) is 0. The van der Waals surface area contributed by atoms with Crippen molar-refractivity contribution < 1.29 is 18.8 Å². The maximum Gasteiger partial charge on any atom is 0.312 e. The molecule has 1 aromatic carbocycles. The number of nitro benzene ring substituents is 1. The van der Waals surface area contributed by atoms with Gasteiger partial charge >= 0.3 is 5.69 Å². The molecule has 1 aromatic rings. The van der Waals surface area contributed by atoms with Gasteiger partial charge in [0.25, 0.3) is 0 Å². The van der Waals surface area contributed by atoms with Crippen LogP contribution in [0.2, 0.25) is 0 Å². The first kappa shape index (κ1) is 14.4. The van der Waals surface area contributed by atoms with Crippen molar-refractivity contribution in [2.24, 2.45) is 0 Å². The molecule has 0 spiro atoms. The van der Waals surface area contributed by atoms with Crippen LogP contribution in [0.1, 0.15) is 0 Å². The molecule has 8 heteroatoms. The average molecular weight is 382 g/mol. The molecule has 0 aliphatic carbocycles. The standard InChI is InChI=1S/C11H12FIN2O4/c12-8-3-11(10(15(16)17)4-9(8)13)19-6-7-5-14-1-2-18-7/h3-4,7,14H,1-2,5-6H2. The molecule has 19 heavy (non-hydrogen) atoms. The Labute approximate surface area is 122 Å². The highest BCUT2D eigenvalue weighted by Gasteiger charge is 2.21. The van der Waals surface area contributed by atoms with Crippen molar-refractivity contribution >= 4 is 28.3 Å². The lowest BCUT2D eigenvalue weighted by Crippen LogP contribution is -2.41. The summed E-state index contributed by atoms with van der Waals surface area (Å²) in [4.78, 5) is 10.3. The Morgan fingerprint density at radius 2 is 2.42 bits per heavy atom. The molecule has 0 aromatic heterocycles. The molecule has 1 atom stereocenters. The number of nitrogens with one attached hydrogen (secondary N) is 1. The summed E-state index contributed by atoms with van der Waals surface area (Å²) in [5.74, 6) is -0.610. The van der Waals surface area contributed by atoms with Gasteiger partial charge in [0.1, 0.15) is 18.5 Å². The molecule has 1 fully saturated rings. The van der Waals surface area contributed by atoms with Crippen molar-refractivity contribution in [1.82, 2.24) is 5.32 Å². The summed E-state index contributed by atoms with van der Waals surface area (Å²) in [5, 5.41) is 14.0. The number of hydrogen-bond acceptors (Lipinski definition) is 5. The van der Waals surface area contributed by atoms with E-state index in [1.807, 2.05) is 0 Å². The van der Waals surface area contributed by atoms with Crippen molar-refractivity contribution in [2.75, 3.05) is 26.3 Å². The first-order chi connectivity index (χ1) is 9.08. The molecule has 0 bridgehead atoms. The first-order valence-corrected chi connectivity index (χ1v) is 6.74. The summed E-state index contributed by atoms with van der Waals surface area (Å²) in [6.45, 7) is 2.10. The summed E-state index contributed by atoms with van der Waals surface area (Å²) in [6, 6.07) is 2.20. The molecule has 104 valence electrons. The van der Waals surface area contributed by atoms with E-state index < -0.39 is 10.7 Å². The van der Waals surface area contributed by atoms with Crippen molar-refractivity contribution in [1.29, 1.82) is 0 Å². The highest BCUT2D eigenvalue weighted by molar-refractivity contribution is 14.1. The molecule has 1 aliphatic rings. The lowest BCUT2D eigenvalue weighted by Gasteiger charge is -2.23. The quantitative estimate of drug-likeness (QED) is 0.488. The van der Waals surface area contributed by atoms with Gasteiger partial charge in [0.2, 0.25) is 0 Å². The van der Waals surface area contributed by atoms with Crippen LogP contribution in [0, 0.1) is 19.5 Å². The molecule has 1 aliphatic heterocycles. The van der Waals surface area contributed by atoms with E-state index in [0.717, 1.165) is 18.7 Å². The van der Waals surface area contributed by atoms with Gasteiger partial charge in [-0.2, -0.15) is 0 Å². The Kier molecular flexibility index (Phi) is 4.88. The van der Waals surface area contributed by atoms with Crippen LogP contribution < -0.4 is 10.1 Å². The van der Waals surface area contributed by atoms with Gasteiger partial charge in [-0.3, -0.25) is 10.1 Å². The van der Waals surface area contributed by atoms with Gasteiger partial charge < -0.3 is 14.8 Å². The zero-order valence-electron chi connectivity index (χ0n) is 9.90. The van der Waals surface area contributed by atoms with E-state index in [-0.39, 0.29) is 27.7 Å². The second-order valence-corrected chi connectivity index (χ2v) is 5.16. The predicted octanol–water partition coefficient (Wildman–Crippen LogP) is 1.71. The fraction of sp³-hybridized carbons (Fsp3) is 0.455. The number of ether oxygens (including phenoxy) is 2. The molecule has 2 rings (SSSR count). The molecule has 1 unspecified atom stereocenters. The Bertz CT molecular complexity index is 480. The number of benzene rings is 1.